The third kappa shape index (κ3) is 3.09. The maximum atomic E-state index is 12.8. The fraction of sp³-hybridized carbons (Fsp3) is 0.500. The zero-order valence-corrected chi connectivity index (χ0v) is 13.2. The van der Waals surface area contributed by atoms with Gasteiger partial charge in [0.2, 0.25) is 10.0 Å². The van der Waals surface area contributed by atoms with Gasteiger partial charge in [-0.15, -0.1) is 0 Å². The Bertz CT molecular complexity index is 640. The normalized spacial score (nSPS) is 19.2. The molecule has 0 radical (unpaired) electrons. The number of carbonyl (C=O) groups excluding carboxylic acids is 1. The number of piperazine rings is 1. The summed E-state index contributed by atoms with van der Waals surface area (Å²) in [6, 6.07) is 5.95. The number of ether oxygens (including phenoxy) is 1. The van der Waals surface area contributed by atoms with Crippen molar-refractivity contribution in [3.8, 4) is 0 Å². The SMILES string of the molecule is COC(=O)c1cccc(S(=O)(=O)N2CCNCC2(C)C)c1. The minimum absolute atomic E-state index is 0.111. The van der Waals surface area contributed by atoms with E-state index in [0.717, 1.165) is 0 Å². The first kappa shape index (κ1) is 15.9. The van der Waals surface area contributed by atoms with Gasteiger partial charge in [-0.05, 0) is 32.0 Å². The number of benzene rings is 1. The lowest BCUT2D eigenvalue weighted by Crippen LogP contribution is -2.59. The fourth-order valence-electron chi connectivity index (χ4n) is 2.44. The lowest BCUT2D eigenvalue weighted by atomic mass is 10.0. The monoisotopic (exact) mass is 312 g/mol. The molecule has 1 heterocycles. The molecule has 1 N–H and O–H groups in total. The molecule has 6 nitrogen and oxygen atoms in total. The van der Waals surface area contributed by atoms with Crippen LogP contribution in [0.15, 0.2) is 29.2 Å². The zero-order valence-electron chi connectivity index (χ0n) is 12.4. The molecule has 2 rings (SSSR count). The summed E-state index contributed by atoms with van der Waals surface area (Å²) in [5.41, 5.74) is -0.287. The van der Waals surface area contributed by atoms with Crippen LogP contribution in [0, 0.1) is 0 Å². The minimum Gasteiger partial charge on any atom is -0.465 e. The molecular weight excluding hydrogens is 292 g/mol. The van der Waals surface area contributed by atoms with E-state index in [1.807, 2.05) is 13.8 Å². The molecule has 0 unspecified atom stereocenters. The van der Waals surface area contributed by atoms with Crippen molar-refractivity contribution in [3.63, 3.8) is 0 Å². The second kappa shape index (κ2) is 5.75. The predicted molar refractivity (Wildman–Crippen MR) is 78.6 cm³/mol. The number of methoxy groups -OCH3 is 1. The van der Waals surface area contributed by atoms with Gasteiger partial charge in [0.05, 0.1) is 17.6 Å². The highest BCUT2D eigenvalue weighted by atomic mass is 32.2. The van der Waals surface area contributed by atoms with E-state index >= 15 is 0 Å². The van der Waals surface area contributed by atoms with Gasteiger partial charge in [0.1, 0.15) is 0 Å². The van der Waals surface area contributed by atoms with E-state index in [4.69, 9.17) is 0 Å². The van der Waals surface area contributed by atoms with E-state index < -0.39 is 21.5 Å². The van der Waals surface area contributed by atoms with Crippen molar-refractivity contribution in [3.05, 3.63) is 29.8 Å². The van der Waals surface area contributed by atoms with E-state index in [9.17, 15) is 13.2 Å². The first-order valence-electron chi connectivity index (χ1n) is 6.71. The first-order valence-corrected chi connectivity index (χ1v) is 8.15. The fourth-order valence-corrected chi connectivity index (χ4v) is 4.27. The Morgan fingerprint density at radius 2 is 2.10 bits per heavy atom. The Labute approximate surface area is 125 Å². The molecule has 1 saturated heterocycles. The summed E-state index contributed by atoms with van der Waals surface area (Å²) in [4.78, 5) is 11.7. The molecular formula is C14H20N2O4S. The van der Waals surface area contributed by atoms with Gasteiger partial charge in [-0.2, -0.15) is 4.31 Å². The molecule has 1 aromatic carbocycles. The van der Waals surface area contributed by atoms with Gasteiger partial charge < -0.3 is 10.1 Å². The van der Waals surface area contributed by atoms with Gasteiger partial charge in [-0.25, -0.2) is 13.2 Å². The van der Waals surface area contributed by atoms with E-state index in [1.165, 1.54) is 29.6 Å². The van der Waals surface area contributed by atoms with E-state index in [2.05, 4.69) is 10.1 Å². The molecule has 1 aromatic rings. The molecule has 0 spiro atoms. The third-order valence-electron chi connectivity index (χ3n) is 3.57. The van der Waals surface area contributed by atoms with Crippen LogP contribution in [-0.2, 0) is 14.8 Å². The Morgan fingerprint density at radius 1 is 1.38 bits per heavy atom. The van der Waals surface area contributed by atoms with Gasteiger partial charge in [0.15, 0.2) is 0 Å². The molecule has 7 heteroatoms. The van der Waals surface area contributed by atoms with Crippen LogP contribution in [0.2, 0.25) is 0 Å². The van der Waals surface area contributed by atoms with Gasteiger partial charge in [-0.3, -0.25) is 0 Å². The summed E-state index contributed by atoms with van der Waals surface area (Å²) in [6.45, 7) is 5.35. The van der Waals surface area contributed by atoms with E-state index in [-0.39, 0.29) is 10.5 Å². The molecule has 0 saturated carbocycles. The minimum atomic E-state index is -3.65. The molecule has 0 aromatic heterocycles. The van der Waals surface area contributed by atoms with Crippen molar-refractivity contribution in [2.75, 3.05) is 26.7 Å². The Morgan fingerprint density at radius 3 is 2.71 bits per heavy atom. The van der Waals surface area contributed by atoms with Crippen LogP contribution in [0.25, 0.3) is 0 Å². The number of esters is 1. The molecule has 0 amide bonds. The maximum Gasteiger partial charge on any atom is 0.337 e. The Hall–Kier alpha value is -1.44. The van der Waals surface area contributed by atoms with Crippen LogP contribution < -0.4 is 5.32 Å². The van der Waals surface area contributed by atoms with Crippen molar-refractivity contribution in [1.29, 1.82) is 0 Å². The first-order chi connectivity index (χ1) is 9.79. The van der Waals surface area contributed by atoms with Crippen LogP contribution in [0.1, 0.15) is 24.2 Å². The number of hydrogen-bond donors (Lipinski definition) is 1. The van der Waals surface area contributed by atoms with Crippen LogP contribution in [-0.4, -0.2) is 51.0 Å². The quantitative estimate of drug-likeness (QED) is 0.837. The molecule has 1 aliphatic rings. The lowest BCUT2D eigenvalue weighted by Gasteiger charge is -2.41. The second-order valence-electron chi connectivity index (χ2n) is 5.59. The number of nitrogens with one attached hydrogen (secondary N) is 1. The number of rotatable bonds is 3. The summed E-state index contributed by atoms with van der Waals surface area (Å²) >= 11 is 0. The van der Waals surface area contributed by atoms with Crippen molar-refractivity contribution < 1.29 is 17.9 Å². The molecule has 1 fully saturated rings. The Kier molecular flexibility index (Phi) is 4.36. The highest BCUT2D eigenvalue weighted by Crippen LogP contribution is 2.26. The van der Waals surface area contributed by atoms with Crippen LogP contribution in [0.4, 0.5) is 0 Å². The number of hydrogen-bond acceptors (Lipinski definition) is 5. The van der Waals surface area contributed by atoms with Gasteiger partial charge in [0, 0.05) is 25.2 Å². The van der Waals surface area contributed by atoms with Crippen LogP contribution >= 0.6 is 0 Å². The number of nitrogens with zero attached hydrogens (tertiary/aromatic N) is 1. The number of sulfonamides is 1. The predicted octanol–water partition coefficient (Wildman–Crippen LogP) is 0.846. The van der Waals surface area contributed by atoms with Crippen molar-refractivity contribution in [2.45, 2.75) is 24.3 Å². The van der Waals surface area contributed by atoms with Crippen molar-refractivity contribution >= 4 is 16.0 Å². The summed E-state index contributed by atoms with van der Waals surface area (Å²) in [5, 5.41) is 3.19. The standard InChI is InChI=1S/C14H20N2O4S/c1-14(2)10-15-7-8-16(14)21(18,19)12-6-4-5-11(9-12)13(17)20-3/h4-6,9,15H,7-8,10H2,1-3H3. The number of carbonyl (C=O) groups is 1. The summed E-state index contributed by atoms with van der Waals surface area (Å²) in [6.07, 6.45) is 0. The lowest BCUT2D eigenvalue weighted by molar-refractivity contribution is 0.0600. The molecule has 1 aliphatic heterocycles. The van der Waals surface area contributed by atoms with Gasteiger partial charge in [-0.1, -0.05) is 6.07 Å². The topological polar surface area (TPSA) is 75.7 Å². The molecule has 116 valence electrons. The summed E-state index contributed by atoms with van der Waals surface area (Å²) in [5.74, 6) is -0.549. The summed E-state index contributed by atoms with van der Waals surface area (Å²) < 4.78 is 31.7. The van der Waals surface area contributed by atoms with Crippen LogP contribution in [0.3, 0.4) is 0 Å². The van der Waals surface area contributed by atoms with Gasteiger partial charge >= 0.3 is 5.97 Å². The van der Waals surface area contributed by atoms with E-state index in [1.54, 1.807) is 6.07 Å². The smallest absolute Gasteiger partial charge is 0.337 e. The second-order valence-corrected chi connectivity index (χ2v) is 7.45. The molecule has 0 atom stereocenters. The highest BCUT2D eigenvalue weighted by molar-refractivity contribution is 7.89. The third-order valence-corrected chi connectivity index (χ3v) is 5.67. The maximum absolute atomic E-state index is 12.8. The average Bonchev–Trinajstić information content (AvgIpc) is 2.45. The van der Waals surface area contributed by atoms with Gasteiger partial charge in [0.25, 0.3) is 0 Å². The molecule has 21 heavy (non-hydrogen) atoms. The molecule has 0 bridgehead atoms. The molecule has 0 aliphatic carbocycles. The Balaban J connectivity index is 2.42. The largest absolute Gasteiger partial charge is 0.465 e. The zero-order chi connectivity index (χ0) is 15.7. The summed E-state index contributed by atoms with van der Waals surface area (Å²) in [7, 11) is -2.38. The van der Waals surface area contributed by atoms with Crippen LogP contribution in [0.5, 0.6) is 0 Å². The highest BCUT2D eigenvalue weighted by Gasteiger charge is 2.39. The van der Waals surface area contributed by atoms with E-state index in [0.29, 0.717) is 19.6 Å². The van der Waals surface area contributed by atoms with Crippen molar-refractivity contribution in [1.82, 2.24) is 9.62 Å². The average molecular weight is 312 g/mol. The van der Waals surface area contributed by atoms with Crippen molar-refractivity contribution in [2.24, 2.45) is 0 Å².